The summed E-state index contributed by atoms with van der Waals surface area (Å²) in [4.78, 5) is 20.6. The second kappa shape index (κ2) is 9.29. The average Bonchev–Trinajstić information content (AvgIpc) is 3.18. The van der Waals surface area contributed by atoms with Crippen molar-refractivity contribution in [2.45, 2.75) is 17.7 Å². The number of aromatic nitrogens is 1. The first-order chi connectivity index (χ1) is 15.2. The third kappa shape index (κ3) is 5.02. The summed E-state index contributed by atoms with van der Waals surface area (Å²) in [5, 5.41) is 1.05. The SMILES string of the molecule is O=C(CCCS(=O)(=O)c1ccc(Cl)cc1)N1CCN(c2nc3c(F)cc(F)cc3s2)CC1. The van der Waals surface area contributed by atoms with E-state index in [2.05, 4.69) is 4.98 Å². The minimum Gasteiger partial charge on any atom is -0.345 e. The van der Waals surface area contributed by atoms with Gasteiger partial charge in [-0.05, 0) is 36.8 Å². The molecule has 4 rings (SSSR count). The quantitative estimate of drug-likeness (QED) is 0.510. The lowest BCUT2D eigenvalue weighted by atomic mass is 10.2. The third-order valence-corrected chi connectivity index (χ3v) is 8.41. The largest absolute Gasteiger partial charge is 0.345 e. The molecule has 2 heterocycles. The first-order valence-corrected chi connectivity index (χ1v) is 12.8. The van der Waals surface area contributed by atoms with Crippen molar-refractivity contribution in [3.8, 4) is 0 Å². The number of thiazole rings is 1. The third-order valence-electron chi connectivity index (χ3n) is 5.28. The molecular formula is C21H20ClF2N3O3S2. The van der Waals surface area contributed by atoms with E-state index in [9.17, 15) is 22.0 Å². The van der Waals surface area contributed by atoms with Gasteiger partial charge in [-0.3, -0.25) is 4.79 Å². The molecule has 0 aliphatic carbocycles. The lowest BCUT2D eigenvalue weighted by molar-refractivity contribution is -0.131. The summed E-state index contributed by atoms with van der Waals surface area (Å²) in [5.74, 6) is -1.55. The number of hydrogen-bond donors (Lipinski definition) is 0. The standard InChI is InChI=1S/C21H20ClF2N3O3S2/c22-14-3-5-16(6-4-14)32(29,30)11-1-2-19(28)26-7-9-27(10-8-26)21-25-20-17(24)12-15(23)13-18(20)31-21/h3-6,12-13H,1-2,7-11H2. The molecule has 1 amide bonds. The van der Waals surface area contributed by atoms with Gasteiger partial charge in [-0.15, -0.1) is 0 Å². The van der Waals surface area contributed by atoms with Gasteiger partial charge in [-0.1, -0.05) is 22.9 Å². The Morgan fingerprint density at radius 2 is 1.78 bits per heavy atom. The van der Waals surface area contributed by atoms with Crippen molar-refractivity contribution in [1.29, 1.82) is 0 Å². The van der Waals surface area contributed by atoms with Crippen LogP contribution in [-0.2, 0) is 14.6 Å². The minimum absolute atomic E-state index is 0.103. The number of halogens is 3. The number of rotatable bonds is 6. The van der Waals surface area contributed by atoms with Gasteiger partial charge in [0, 0.05) is 43.7 Å². The van der Waals surface area contributed by atoms with Crippen LogP contribution in [0.1, 0.15) is 12.8 Å². The summed E-state index contributed by atoms with van der Waals surface area (Å²) in [6.07, 6.45) is 0.366. The second-order valence-corrected chi connectivity index (χ2v) is 11.0. The Hall–Kier alpha value is -2.30. The number of anilines is 1. The van der Waals surface area contributed by atoms with Crippen LogP contribution < -0.4 is 4.90 Å². The van der Waals surface area contributed by atoms with Crippen molar-refractivity contribution < 1.29 is 22.0 Å². The zero-order chi connectivity index (χ0) is 22.9. The number of hydrogen-bond acceptors (Lipinski definition) is 6. The van der Waals surface area contributed by atoms with E-state index in [0.717, 1.165) is 6.07 Å². The summed E-state index contributed by atoms with van der Waals surface area (Å²) >= 11 is 7.01. The highest BCUT2D eigenvalue weighted by Gasteiger charge is 2.24. The van der Waals surface area contributed by atoms with Crippen molar-refractivity contribution in [3.63, 3.8) is 0 Å². The number of carbonyl (C=O) groups is 1. The maximum atomic E-state index is 13.9. The first-order valence-electron chi connectivity index (χ1n) is 9.99. The van der Waals surface area contributed by atoms with Crippen LogP contribution in [0.15, 0.2) is 41.3 Å². The van der Waals surface area contributed by atoms with Crippen LogP contribution >= 0.6 is 22.9 Å². The van der Waals surface area contributed by atoms with Gasteiger partial charge in [0.1, 0.15) is 11.3 Å². The van der Waals surface area contributed by atoms with Gasteiger partial charge in [0.05, 0.1) is 15.3 Å². The summed E-state index contributed by atoms with van der Waals surface area (Å²) in [7, 11) is -3.47. The van der Waals surface area contributed by atoms with Gasteiger partial charge in [0.2, 0.25) is 5.91 Å². The van der Waals surface area contributed by atoms with E-state index < -0.39 is 21.5 Å². The fourth-order valence-electron chi connectivity index (χ4n) is 3.56. The fraction of sp³-hybridized carbons (Fsp3) is 0.333. The van der Waals surface area contributed by atoms with Crippen LogP contribution in [0.25, 0.3) is 10.2 Å². The molecule has 0 radical (unpaired) electrons. The summed E-state index contributed by atoms with van der Waals surface area (Å²) in [6.45, 7) is 1.93. The van der Waals surface area contributed by atoms with Crippen LogP contribution in [0.5, 0.6) is 0 Å². The Balaban J connectivity index is 1.29. The number of nitrogens with zero attached hydrogens (tertiary/aromatic N) is 3. The van der Waals surface area contributed by atoms with E-state index in [1.165, 1.54) is 41.7 Å². The second-order valence-electron chi connectivity index (χ2n) is 7.47. The maximum absolute atomic E-state index is 13.9. The highest BCUT2D eigenvalue weighted by Crippen LogP contribution is 2.31. The summed E-state index contributed by atoms with van der Waals surface area (Å²) in [6, 6.07) is 8.04. The predicted octanol–water partition coefficient (Wildman–Crippen LogP) is 4.13. The van der Waals surface area contributed by atoms with Gasteiger partial charge in [-0.25, -0.2) is 22.2 Å². The summed E-state index contributed by atoms with van der Waals surface area (Å²) in [5.41, 5.74) is 0.145. The molecule has 32 heavy (non-hydrogen) atoms. The number of piperazine rings is 1. The molecule has 1 aliphatic heterocycles. The highest BCUT2D eigenvalue weighted by molar-refractivity contribution is 7.91. The van der Waals surface area contributed by atoms with Gasteiger partial charge < -0.3 is 9.80 Å². The molecule has 0 bridgehead atoms. The molecule has 1 aliphatic rings. The molecular weight excluding hydrogens is 480 g/mol. The summed E-state index contributed by atoms with van der Waals surface area (Å²) < 4.78 is 52.5. The molecule has 11 heteroatoms. The van der Waals surface area contributed by atoms with E-state index in [-0.39, 0.29) is 34.9 Å². The van der Waals surface area contributed by atoms with Crippen LogP contribution in [0, 0.1) is 11.6 Å². The van der Waals surface area contributed by atoms with Crippen molar-refractivity contribution in [2.75, 3.05) is 36.8 Å². The molecule has 1 saturated heterocycles. The average molecular weight is 500 g/mol. The van der Waals surface area contributed by atoms with Crippen LogP contribution in [-0.4, -0.2) is 56.1 Å². The molecule has 2 aromatic carbocycles. The highest BCUT2D eigenvalue weighted by atomic mass is 35.5. The monoisotopic (exact) mass is 499 g/mol. The molecule has 1 aromatic heterocycles. The Kier molecular flexibility index (Phi) is 6.64. The first kappa shape index (κ1) is 22.9. The number of benzene rings is 2. The fourth-order valence-corrected chi connectivity index (χ4v) is 6.05. The zero-order valence-corrected chi connectivity index (χ0v) is 19.3. The molecule has 0 unspecified atom stereocenters. The van der Waals surface area contributed by atoms with Crippen molar-refractivity contribution >= 4 is 54.0 Å². The van der Waals surface area contributed by atoms with Gasteiger partial charge in [-0.2, -0.15) is 0 Å². The topological polar surface area (TPSA) is 70.6 Å². The van der Waals surface area contributed by atoms with E-state index in [1.807, 2.05) is 4.90 Å². The molecule has 0 spiro atoms. The lowest BCUT2D eigenvalue weighted by Gasteiger charge is -2.34. The zero-order valence-electron chi connectivity index (χ0n) is 16.9. The van der Waals surface area contributed by atoms with E-state index in [1.54, 1.807) is 4.90 Å². The molecule has 170 valence electrons. The maximum Gasteiger partial charge on any atom is 0.222 e. The predicted molar refractivity (Wildman–Crippen MR) is 121 cm³/mol. The number of amides is 1. The number of carbonyl (C=O) groups excluding carboxylic acids is 1. The van der Waals surface area contributed by atoms with E-state index >= 15 is 0 Å². The van der Waals surface area contributed by atoms with Crippen LogP contribution in [0.3, 0.4) is 0 Å². The molecule has 0 atom stereocenters. The normalized spacial score (nSPS) is 14.8. The Labute approximate surface area is 193 Å². The van der Waals surface area contributed by atoms with Crippen molar-refractivity contribution in [1.82, 2.24) is 9.88 Å². The van der Waals surface area contributed by atoms with Crippen LogP contribution in [0.4, 0.5) is 13.9 Å². The van der Waals surface area contributed by atoms with Gasteiger partial charge in [0.15, 0.2) is 20.8 Å². The number of sulfone groups is 1. The van der Waals surface area contributed by atoms with E-state index in [0.29, 0.717) is 41.0 Å². The lowest BCUT2D eigenvalue weighted by Crippen LogP contribution is -2.48. The Morgan fingerprint density at radius 1 is 1.09 bits per heavy atom. The minimum atomic E-state index is -3.47. The molecule has 1 fully saturated rings. The molecule has 3 aromatic rings. The molecule has 0 N–H and O–H groups in total. The molecule has 6 nitrogen and oxygen atoms in total. The molecule has 0 saturated carbocycles. The van der Waals surface area contributed by atoms with Crippen LogP contribution in [0.2, 0.25) is 5.02 Å². The van der Waals surface area contributed by atoms with Gasteiger partial charge >= 0.3 is 0 Å². The van der Waals surface area contributed by atoms with Crippen molar-refractivity contribution in [3.05, 3.63) is 53.1 Å². The van der Waals surface area contributed by atoms with Crippen molar-refractivity contribution in [2.24, 2.45) is 0 Å². The number of fused-ring (bicyclic) bond motifs is 1. The Bertz CT molecular complexity index is 1240. The van der Waals surface area contributed by atoms with Gasteiger partial charge in [0.25, 0.3) is 0 Å². The Morgan fingerprint density at radius 3 is 2.47 bits per heavy atom. The smallest absolute Gasteiger partial charge is 0.222 e. The van der Waals surface area contributed by atoms with E-state index in [4.69, 9.17) is 11.6 Å².